The predicted octanol–water partition coefficient (Wildman–Crippen LogP) is 7.52. The number of benzene rings is 2. The van der Waals surface area contributed by atoms with Gasteiger partial charge in [-0.2, -0.15) is 5.10 Å². The van der Waals surface area contributed by atoms with Crippen LogP contribution < -0.4 is 0 Å². The summed E-state index contributed by atoms with van der Waals surface area (Å²) in [4.78, 5) is 10.4. The highest BCUT2D eigenvalue weighted by Gasteiger charge is 2.16. The molecule has 0 unspecified atom stereocenters. The van der Waals surface area contributed by atoms with Crippen LogP contribution in [0.3, 0.4) is 0 Å². The number of aromatic amines is 2. The minimum Gasteiger partial charge on any atom is -0.352 e. The molecule has 5 aromatic rings. The lowest BCUT2D eigenvalue weighted by Gasteiger charge is -2.15. The van der Waals surface area contributed by atoms with Gasteiger partial charge < -0.3 is 4.98 Å². The largest absolute Gasteiger partial charge is 0.352 e. The van der Waals surface area contributed by atoms with E-state index in [0.29, 0.717) is 0 Å². The van der Waals surface area contributed by atoms with Gasteiger partial charge in [0.25, 0.3) is 0 Å². The van der Waals surface area contributed by atoms with E-state index in [9.17, 15) is 4.39 Å². The third-order valence-corrected chi connectivity index (χ3v) is 7.37. The van der Waals surface area contributed by atoms with Crippen molar-refractivity contribution in [3.8, 4) is 22.5 Å². The molecule has 0 radical (unpaired) electrons. The first-order valence-corrected chi connectivity index (χ1v) is 13.1. The van der Waals surface area contributed by atoms with Crippen LogP contribution in [0.15, 0.2) is 91.3 Å². The van der Waals surface area contributed by atoms with E-state index in [2.05, 4.69) is 75.0 Å². The second-order valence-corrected chi connectivity index (χ2v) is 9.82. The highest BCUT2D eigenvalue weighted by Crippen LogP contribution is 2.34. The molecule has 1 aliphatic heterocycles. The lowest BCUT2D eigenvalue weighted by atomic mass is 9.99. The molecule has 3 aromatic heterocycles. The average molecular weight is 504 g/mol. The molecule has 0 bridgehead atoms. The van der Waals surface area contributed by atoms with Crippen LogP contribution in [0.2, 0.25) is 0 Å². The Hall–Kier alpha value is -4.29. The summed E-state index contributed by atoms with van der Waals surface area (Å²) < 4.78 is 13.5. The standard InChI is InChI=1S/C32H30FN5/c1-3-21(20-38-13-5-6-14-38)15-22(4-2)24-9-12-29-27(16-24)32(37-36-29)30-17-26-28(18-34-19-31(26)35-30)23-7-10-25(33)11-8-23/h3-4,7-12,15-19,35H,1,5-6,13-14,20H2,2H3,(H,36,37)/b21-15+,22-4+. The molecule has 0 atom stereocenters. The smallest absolute Gasteiger partial charge is 0.123 e. The molecule has 1 fully saturated rings. The molecule has 6 rings (SSSR count). The van der Waals surface area contributed by atoms with Crippen LogP contribution in [0.4, 0.5) is 4.39 Å². The molecule has 0 saturated carbocycles. The predicted molar refractivity (Wildman–Crippen MR) is 154 cm³/mol. The van der Waals surface area contributed by atoms with Gasteiger partial charge in [-0.05, 0) is 85.5 Å². The summed E-state index contributed by atoms with van der Waals surface area (Å²) in [6.07, 6.45) is 12.5. The molecule has 6 heteroatoms. The van der Waals surface area contributed by atoms with Gasteiger partial charge in [0.2, 0.25) is 0 Å². The van der Waals surface area contributed by atoms with Crippen molar-refractivity contribution in [2.24, 2.45) is 0 Å². The molecular weight excluding hydrogens is 473 g/mol. The molecule has 1 aliphatic rings. The Bertz CT molecular complexity index is 1680. The molecule has 0 aliphatic carbocycles. The van der Waals surface area contributed by atoms with Gasteiger partial charge in [-0.3, -0.25) is 15.0 Å². The van der Waals surface area contributed by atoms with E-state index in [-0.39, 0.29) is 5.82 Å². The fraction of sp³-hybridized carbons (Fsp3) is 0.188. The van der Waals surface area contributed by atoms with Crippen molar-refractivity contribution < 1.29 is 4.39 Å². The number of aromatic nitrogens is 4. The SMILES string of the molecule is C=C/C(=C\C(=C/C)c1ccc2[nH]nc(-c3cc4c(-c5ccc(F)cc5)cncc4[nH]3)c2c1)CN1CCCC1. The number of hydrogen-bond donors (Lipinski definition) is 2. The number of H-pyrrole nitrogens is 2. The number of allylic oxidation sites excluding steroid dienone is 3. The summed E-state index contributed by atoms with van der Waals surface area (Å²) in [6, 6.07) is 15.0. The van der Waals surface area contributed by atoms with Crippen molar-refractivity contribution in [2.45, 2.75) is 19.8 Å². The fourth-order valence-electron chi connectivity index (χ4n) is 5.34. The summed E-state index contributed by atoms with van der Waals surface area (Å²) in [7, 11) is 0. The van der Waals surface area contributed by atoms with E-state index in [4.69, 9.17) is 0 Å². The number of nitrogens with zero attached hydrogens (tertiary/aromatic N) is 3. The maximum Gasteiger partial charge on any atom is 0.123 e. The zero-order chi connectivity index (χ0) is 26.1. The molecule has 1 saturated heterocycles. The van der Waals surface area contributed by atoms with Crippen LogP contribution in [0, 0.1) is 5.82 Å². The van der Waals surface area contributed by atoms with E-state index in [1.54, 1.807) is 12.1 Å². The van der Waals surface area contributed by atoms with Crippen LogP contribution >= 0.6 is 0 Å². The van der Waals surface area contributed by atoms with Gasteiger partial charge in [0.15, 0.2) is 0 Å². The maximum atomic E-state index is 13.5. The molecule has 5 nitrogen and oxygen atoms in total. The summed E-state index contributed by atoms with van der Waals surface area (Å²) >= 11 is 0. The number of hydrogen-bond acceptors (Lipinski definition) is 3. The van der Waals surface area contributed by atoms with E-state index in [1.807, 2.05) is 18.5 Å². The van der Waals surface area contributed by atoms with Gasteiger partial charge in [0.1, 0.15) is 11.5 Å². The Kier molecular flexibility index (Phi) is 6.48. The van der Waals surface area contributed by atoms with Crippen molar-refractivity contribution in [3.05, 3.63) is 103 Å². The lowest BCUT2D eigenvalue weighted by molar-refractivity contribution is 0.371. The summed E-state index contributed by atoms with van der Waals surface area (Å²) in [5.74, 6) is -0.256. The maximum absolute atomic E-state index is 13.5. The Balaban J connectivity index is 1.38. The quantitative estimate of drug-likeness (QED) is 0.226. The lowest BCUT2D eigenvalue weighted by Crippen LogP contribution is -2.21. The zero-order valence-corrected chi connectivity index (χ0v) is 21.5. The van der Waals surface area contributed by atoms with E-state index < -0.39 is 0 Å². The first-order chi connectivity index (χ1) is 18.6. The second kappa shape index (κ2) is 10.2. The van der Waals surface area contributed by atoms with Gasteiger partial charge in [0, 0.05) is 29.1 Å². The highest BCUT2D eigenvalue weighted by atomic mass is 19.1. The summed E-state index contributed by atoms with van der Waals surface area (Å²) in [6.45, 7) is 9.39. The molecule has 2 N–H and O–H groups in total. The minimum atomic E-state index is -0.256. The number of rotatable bonds is 7. The molecule has 190 valence electrons. The Morgan fingerprint density at radius 3 is 2.61 bits per heavy atom. The molecule has 38 heavy (non-hydrogen) atoms. The molecule has 0 amide bonds. The second-order valence-electron chi connectivity index (χ2n) is 9.82. The molecular formula is C32H30FN5. The van der Waals surface area contributed by atoms with Gasteiger partial charge in [-0.1, -0.05) is 43.0 Å². The Labute approximate surface area is 221 Å². The monoisotopic (exact) mass is 503 g/mol. The zero-order valence-electron chi connectivity index (χ0n) is 21.5. The van der Waals surface area contributed by atoms with Crippen LogP contribution in [-0.2, 0) is 0 Å². The number of nitrogens with one attached hydrogen (secondary N) is 2. The third kappa shape index (κ3) is 4.59. The van der Waals surface area contributed by atoms with Gasteiger partial charge in [-0.25, -0.2) is 4.39 Å². The van der Waals surface area contributed by atoms with Crippen molar-refractivity contribution in [1.29, 1.82) is 0 Å². The van der Waals surface area contributed by atoms with E-state index >= 15 is 0 Å². The summed E-state index contributed by atoms with van der Waals surface area (Å²) in [5, 5.41) is 9.90. The fourth-order valence-corrected chi connectivity index (χ4v) is 5.34. The van der Waals surface area contributed by atoms with Crippen LogP contribution in [0.25, 0.3) is 49.9 Å². The van der Waals surface area contributed by atoms with Gasteiger partial charge >= 0.3 is 0 Å². The van der Waals surface area contributed by atoms with E-state index in [1.165, 1.54) is 30.5 Å². The Morgan fingerprint density at radius 1 is 1.03 bits per heavy atom. The Morgan fingerprint density at radius 2 is 1.84 bits per heavy atom. The topological polar surface area (TPSA) is 60.6 Å². The summed E-state index contributed by atoms with van der Waals surface area (Å²) in [5.41, 5.74) is 9.01. The highest BCUT2D eigenvalue weighted by molar-refractivity contribution is 6.01. The molecule has 2 aromatic carbocycles. The third-order valence-electron chi connectivity index (χ3n) is 7.37. The van der Waals surface area contributed by atoms with E-state index in [0.717, 1.165) is 75.1 Å². The van der Waals surface area contributed by atoms with Crippen LogP contribution in [-0.4, -0.2) is 44.7 Å². The average Bonchev–Trinajstić information content (AvgIpc) is 3.70. The van der Waals surface area contributed by atoms with Gasteiger partial charge in [-0.15, -0.1) is 0 Å². The number of fused-ring (bicyclic) bond motifs is 2. The number of halogens is 1. The normalized spacial score (nSPS) is 15.1. The molecule has 4 heterocycles. The van der Waals surface area contributed by atoms with Gasteiger partial charge in [0.05, 0.1) is 22.9 Å². The molecule has 0 spiro atoms. The first kappa shape index (κ1) is 24.1. The number of pyridine rings is 1. The van der Waals surface area contributed by atoms with Crippen LogP contribution in [0.5, 0.6) is 0 Å². The number of likely N-dealkylation sites (tertiary alicyclic amines) is 1. The van der Waals surface area contributed by atoms with Crippen molar-refractivity contribution >= 4 is 27.4 Å². The van der Waals surface area contributed by atoms with Crippen molar-refractivity contribution in [2.75, 3.05) is 19.6 Å². The first-order valence-electron chi connectivity index (χ1n) is 13.1. The van der Waals surface area contributed by atoms with Crippen molar-refractivity contribution in [1.82, 2.24) is 25.1 Å². The van der Waals surface area contributed by atoms with Crippen LogP contribution in [0.1, 0.15) is 25.3 Å². The minimum absolute atomic E-state index is 0.256. The van der Waals surface area contributed by atoms with Crippen molar-refractivity contribution in [3.63, 3.8) is 0 Å².